The smallest absolute Gasteiger partial charge is 0.319 e. The molecular weight excluding hydrogens is 421 g/mol. The molecule has 1 aromatic rings. The normalized spacial score (nSPS) is 37.7. The summed E-state index contributed by atoms with van der Waals surface area (Å²) in [5, 5.41) is 15.3. The summed E-state index contributed by atoms with van der Waals surface area (Å²) in [5.41, 5.74) is 1.37. The molecule has 180 valence electrons. The molecule has 1 heterocycles. The van der Waals surface area contributed by atoms with Gasteiger partial charge in [0.15, 0.2) is 0 Å². The zero-order valence-corrected chi connectivity index (χ0v) is 19.8. The van der Waals surface area contributed by atoms with Crippen molar-refractivity contribution in [2.45, 2.75) is 77.3 Å². The molecule has 7 heteroatoms. The van der Waals surface area contributed by atoms with Gasteiger partial charge in [0, 0.05) is 18.6 Å². The van der Waals surface area contributed by atoms with Crippen LogP contribution in [0.25, 0.3) is 0 Å². The van der Waals surface area contributed by atoms with Crippen molar-refractivity contribution in [3.05, 3.63) is 29.6 Å². The molecule has 6 nitrogen and oxygen atoms in total. The van der Waals surface area contributed by atoms with Crippen LogP contribution in [-0.2, 0) is 11.3 Å². The Morgan fingerprint density at radius 3 is 2.52 bits per heavy atom. The highest BCUT2D eigenvalue weighted by Crippen LogP contribution is 2.66. The Bertz CT molecular complexity index is 948. The quantitative estimate of drug-likeness (QED) is 0.582. The van der Waals surface area contributed by atoms with Crippen molar-refractivity contribution >= 4 is 17.7 Å². The Morgan fingerprint density at radius 2 is 1.88 bits per heavy atom. The highest BCUT2D eigenvalue weighted by molar-refractivity contribution is 5.90. The maximum atomic E-state index is 14.8. The van der Waals surface area contributed by atoms with Gasteiger partial charge in [-0.2, -0.15) is 0 Å². The number of anilines is 1. The van der Waals surface area contributed by atoms with Crippen molar-refractivity contribution in [2.75, 3.05) is 18.4 Å². The summed E-state index contributed by atoms with van der Waals surface area (Å²) < 4.78 is 14.8. The highest BCUT2D eigenvalue weighted by atomic mass is 19.1. The number of piperidine rings is 1. The third kappa shape index (κ3) is 4.61. The number of carbonyl (C=O) groups excluding carboxylic acids is 1. The Kier molecular flexibility index (Phi) is 5.46. The van der Waals surface area contributed by atoms with E-state index in [-0.39, 0.29) is 23.2 Å². The van der Waals surface area contributed by atoms with Crippen molar-refractivity contribution in [1.29, 1.82) is 0 Å². The van der Waals surface area contributed by atoms with Crippen LogP contribution in [0.5, 0.6) is 0 Å². The first-order valence-electron chi connectivity index (χ1n) is 12.4. The summed E-state index contributed by atoms with van der Waals surface area (Å²) in [4.78, 5) is 26.3. The molecule has 0 aromatic heterocycles. The number of amides is 2. The summed E-state index contributed by atoms with van der Waals surface area (Å²) in [6.45, 7) is 6.54. The summed E-state index contributed by atoms with van der Waals surface area (Å²) >= 11 is 0. The van der Waals surface area contributed by atoms with Gasteiger partial charge >= 0.3 is 12.0 Å². The Hall–Kier alpha value is -2.15. The number of rotatable bonds is 5. The molecule has 5 fully saturated rings. The first-order valence-corrected chi connectivity index (χ1v) is 12.4. The molecule has 2 amide bonds. The molecule has 1 saturated heterocycles. The van der Waals surface area contributed by atoms with Gasteiger partial charge in [-0.1, -0.05) is 19.9 Å². The number of halogens is 1. The highest BCUT2D eigenvalue weighted by Gasteiger charge is 2.60. The second-order valence-corrected chi connectivity index (χ2v) is 12.2. The zero-order valence-electron chi connectivity index (χ0n) is 19.8. The summed E-state index contributed by atoms with van der Waals surface area (Å²) in [7, 11) is 0. The van der Waals surface area contributed by atoms with E-state index in [1.54, 1.807) is 6.07 Å². The number of carboxylic acids is 1. The molecule has 3 atom stereocenters. The molecule has 1 aromatic carbocycles. The predicted octanol–water partition coefficient (Wildman–Crippen LogP) is 4.99. The van der Waals surface area contributed by atoms with Crippen LogP contribution >= 0.6 is 0 Å². The zero-order chi connectivity index (χ0) is 23.4. The summed E-state index contributed by atoms with van der Waals surface area (Å²) in [6, 6.07) is 4.56. The Balaban J connectivity index is 1.21. The summed E-state index contributed by atoms with van der Waals surface area (Å²) in [5.74, 6) is -0.914. The molecule has 0 spiro atoms. The van der Waals surface area contributed by atoms with E-state index >= 15 is 0 Å². The molecule has 3 N–H and O–H groups in total. The fourth-order valence-corrected chi connectivity index (χ4v) is 8.40. The van der Waals surface area contributed by atoms with Gasteiger partial charge in [-0.15, -0.1) is 0 Å². The molecule has 6 rings (SSSR count). The van der Waals surface area contributed by atoms with E-state index in [1.807, 2.05) is 6.07 Å². The van der Waals surface area contributed by atoms with Crippen LogP contribution in [0.1, 0.15) is 70.8 Å². The number of hydrogen-bond donors (Lipinski definition) is 3. The minimum Gasteiger partial charge on any atom is -0.481 e. The van der Waals surface area contributed by atoms with E-state index in [2.05, 4.69) is 29.4 Å². The first kappa shape index (κ1) is 22.6. The van der Waals surface area contributed by atoms with Crippen LogP contribution in [0.2, 0.25) is 0 Å². The Labute approximate surface area is 195 Å². The average Bonchev–Trinajstić information content (AvgIpc) is 2.67. The van der Waals surface area contributed by atoms with Crippen molar-refractivity contribution in [2.24, 2.45) is 22.7 Å². The molecule has 4 bridgehead atoms. The van der Waals surface area contributed by atoms with Gasteiger partial charge in [0.2, 0.25) is 0 Å². The number of carboxylic acid groups (broad SMARTS) is 1. The maximum absolute atomic E-state index is 14.8. The predicted molar refractivity (Wildman–Crippen MR) is 124 cm³/mol. The van der Waals surface area contributed by atoms with Crippen LogP contribution in [0.3, 0.4) is 0 Å². The third-order valence-corrected chi connectivity index (χ3v) is 8.55. The lowest BCUT2D eigenvalue weighted by Crippen LogP contribution is -2.65. The van der Waals surface area contributed by atoms with E-state index in [1.165, 1.54) is 25.3 Å². The van der Waals surface area contributed by atoms with Crippen LogP contribution in [-0.4, -0.2) is 40.6 Å². The molecule has 1 unspecified atom stereocenters. The maximum Gasteiger partial charge on any atom is 0.319 e. The molecule has 0 radical (unpaired) electrons. The molecule has 4 aliphatic carbocycles. The van der Waals surface area contributed by atoms with Gasteiger partial charge in [0.05, 0.1) is 11.6 Å². The number of urea groups is 1. The van der Waals surface area contributed by atoms with Gasteiger partial charge in [-0.3, -0.25) is 9.69 Å². The van der Waals surface area contributed by atoms with E-state index in [0.717, 1.165) is 37.8 Å². The minimum atomic E-state index is -0.765. The van der Waals surface area contributed by atoms with Gasteiger partial charge < -0.3 is 15.7 Å². The van der Waals surface area contributed by atoms with Gasteiger partial charge in [0.1, 0.15) is 5.82 Å². The average molecular weight is 458 g/mol. The van der Waals surface area contributed by atoms with Crippen molar-refractivity contribution < 1.29 is 19.1 Å². The number of nitrogens with zero attached hydrogens (tertiary/aromatic N) is 1. The molecular formula is C26H36FN3O3. The van der Waals surface area contributed by atoms with Crippen molar-refractivity contribution in [1.82, 2.24) is 10.2 Å². The number of benzene rings is 1. The fraction of sp³-hybridized carbons (Fsp3) is 0.692. The fourth-order valence-electron chi connectivity index (χ4n) is 8.40. The first-order chi connectivity index (χ1) is 15.5. The Morgan fingerprint density at radius 1 is 1.15 bits per heavy atom. The van der Waals surface area contributed by atoms with E-state index in [9.17, 15) is 19.1 Å². The van der Waals surface area contributed by atoms with Gasteiger partial charge in [-0.25, -0.2) is 9.18 Å². The SMILES string of the molecule is C[C@@]12CC3CC(NC(=O)Nc4ccc(CN5CCCC(C(=O)O)C5)cc4F)(C1)C[C@@](C)(C3)C2. The topological polar surface area (TPSA) is 81.7 Å². The lowest BCUT2D eigenvalue weighted by molar-refractivity contribution is -0.143. The monoisotopic (exact) mass is 457 g/mol. The number of likely N-dealkylation sites (tertiary alicyclic amines) is 1. The van der Waals surface area contributed by atoms with Crippen LogP contribution in [0.4, 0.5) is 14.9 Å². The van der Waals surface area contributed by atoms with Crippen molar-refractivity contribution in [3.8, 4) is 0 Å². The van der Waals surface area contributed by atoms with Crippen molar-refractivity contribution in [3.63, 3.8) is 0 Å². The molecule has 33 heavy (non-hydrogen) atoms. The number of aliphatic carboxylic acids is 1. The summed E-state index contributed by atoms with van der Waals surface area (Å²) in [6.07, 6.45) is 8.32. The van der Waals surface area contributed by atoms with E-state index < -0.39 is 11.8 Å². The number of nitrogens with one attached hydrogen (secondary N) is 2. The number of carbonyl (C=O) groups is 2. The largest absolute Gasteiger partial charge is 0.481 e. The van der Waals surface area contributed by atoms with E-state index in [4.69, 9.17) is 0 Å². The third-order valence-electron chi connectivity index (χ3n) is 8.55. The van der Waals surface area contributed by atoms with E-state index in [0.29, 0.717) is 36.3 Å². The van der Waals surface area contributed by atoms with Crippen LogP contribution in [0, 0.1) is 28.5 Å². The minimum absolute atomic E-state index is 0.181. The van der Waals surface area contributed by atoms with Crippen LogP contribution in [0.15, 0.2) is 18.2 Å². The van der Waals surface area contributed by atoms with Crippen LogP contribution < -0.4 is 10.6 Å². The molecule has 4 saturated carbocycles. The van der Waals surface area contributed by atoms with Gasteiger partial charge in [0.25, 0.3) is 0 Å². The second-order valence-electron chi connectivity index (χ2n) is 12.2. The van der Waals surface area contributed by atoms with Gasteiger partial charge in [-0.05, 0) is 92.4 Å². The molecule has 5 aliphatic rings. The number of hydrogen-bond acceptors (Lipinski definition) is 3. The second kappa shape index (κ2) is 7.97. The lowest BCUT2D eigenvalue weighted by atomic mass is 9.43. The molecule has 1 aliphatic heterocycles. The lowest BCUT2D eigenvalue weighted by Gasteiger charge is -2.65. The standard InChI is InChI=1S/C26H36FN3O3/c1-24-9-18-10-25(2,14-24)16-26(11-18,15-24)29-23(33)28-21-6-5-17(8-20(21)27)12-30-7-3-4-19(13-30)22(31)32/h5-6,8,18-19H,3-4,7,9-16H2,1-2H3,(H,31,32)(H2,28,29,33)/t18?,19?,24-,25-,26?/m0/s1.